The first kappa shape index (κ1) is 25.2. The smallest absolute Gasteiger partial charge is 0.254 e. The topological polar surface area (TPSA) is 74.8 Å². The van der Waals surface area contributed by atoms with E-state index in [-0.39, 0.29) is 32.0 Å². The summed E-state index contributed by atoms with van der Waals surface area (Å²) in [5, 5.41) is 0.505. The Hall–Kier alpha value is -2.94. The van der Waals surface area contributed by atoms with Crippen molar-refractivity contribution < 1.29 is 22.4 Å². The van der Waals surface area contributed by atoms with Crippen LogP contribution in [0.15, 0.2) is 59.5 Å². The van der Waals surface area contributed by atoms with Gasteiger partial charge in [0.15, 0.2) is 16.1 Å². The van der Waals surface area contributed by atoms with E-state index in [4.69, 9.17) is 23.2 Å². The molecule has 0 N–H and O–H groups in total. The van der Waals surface area contributed by atoms with Crippen molar-refractivity contribution in [3.8, 4) is 11.1 Å². The fourth-order valence-electron chi connectivity index (χ4n) is 4.02. The van der Waals surface area contributed by atoms with Crippen LogP contribution in [0.3, 0.4) is 0 Å². The van der Waals surface area contributed by atoms with Crippen LogP contribution in [0.25, 0.3) is 11.1 Å². The molecule has 0 aliphatic carbocycles. The zero-order chi connectivity index (χ0) is 25.3. The highest BCUT2D eigenvalue weighted by Crippen LogP contribution is 2.31. The molecule has 1 saturated heterocycles. The lowest BCUT2D eigenvalue weighted by molar-refractivity contribution is 0.0747. The molecule has 6 nitrogen and oxygen atoms in total. The number of sulfone groups is 1. The van der Waals surface area contributed by atoms with Gasteiger partial charge in [-0.05, 0) is 47.5 Å². The van der Waals surface area contributed by atoms with Crippen LogP contribution >= 0.6 is 23.2 Å². The molecule has 3 aromatic rings. The van der Waals surface area contributed by atoms with Crippen LogP contribution in [0, 0.1) is 5.82 Å². The number of hydrogen-bond acceptors (Lipinski definition) is 5. The van der Waals surface area contributed by atoms with Crippen LogP contribution in [0.2, 0.25) is 10.0 Å². The van der Waals surface area contributed by atoms with Crippen molar-refractivity contribution >= 4 is 50.9 Å². The highest BCUT2D eigenvalue weighted by molar-refractivity contribution is 7.90. The molecule has 182 valence electrons. The average molecular weight is 535 g/mol. The molecule has 3 aromatic carbocycles. The number of anilines is 1. The number of carbonyl (C=O) groups excluding carboxylic acids is 2. The van der Waals surface area contributed by atoms with Gasteiger partial charge in [-0.25, -0.2) is 12.8 Å². The number of nitrogens with zero attached hydrogens (tertiary/aromatic N) is 2. The molecule has 1 heterocycles. The fraction of sp³-hybridized carbons (Fsp3) is 0.200. The normalized spacial score (nSPS) is 14.2. The Balaban J connectivity index is 1.61. The predicted octanol–water partition coefficient (Wildman–Crippen LogP) is 4.98. The van der Waals surface area contributed by atoms with Gasteiger partial charge < -0.3 is 9.80 Å². The molecular formula is C25H21Cl2FN2O4S. The van der Waals surface area contributed by atoms with E-state index < -0.39 is 15.7 Å². The number of piperazine rings is 1. The van der Waals surface area contributed by atoms with Gasteiger partial charge in [-0.2, -0.15) is 0 Å². The van der Waals surface area contributed by atoms with E-state index >= 15 is 0 Å². The van der Waals surface area contributed by atoms with Crippen molar-refractivity contribution in [2.24, 2.45) is 0 Å². The highest BCUT2D eigenvalue weighted by Gasteiger charge is 2.26. The lowest BCUT2D eigenvalue weighted by Crippen LogP contribution is -2.49. The summed E-state index contributed by atoms with van der Waals surface area (Å²) in [5.41, 5.74) is 2.32. The third-order valence-corrected chi connectivity index (χ3v) is 7.65. The molecule has 35 heavy (non-hydrogen) atoms. The maximum Gasteiger partial charge on any atom is 0.254 e. The summed E-state index contributed by atoms with van der Waals surface area (Å²) in [6.07, 6.45) is 1.69. The minimum Gasteiger partial charge on any atom is -0.368 e. The quantitative estimate of drug-likeness (QED) is 0.431. The molecule has 1 aliphatic rings. The molecule has 0 unspecified atom stereocenters. The number of amides is 1. The number of benzene rings is 3. The minimum absolute atomic E-state index is 0.0323. The molecule has 1 aliphatic heterocycles. The molecular weight excluding hydrogens is 514 g/mol. The minimum atomic E-state index is -3.54. The summed E-state index contributed by atoms with van der Waals surface area (Å²) in [5.74, 6) is -0.728. The lowest BCUT2D eigenvalue weighted by Gasteiger charge is -2.36. The summed E-state index contributed by atoms with van der Waals surface area (Å²) in [6, 6.07) is 13.4. The number of rotatable bonds is 5. The van der Waals surface area contributed by atoms with Gasteiger partial charge in [-0.15, -0.1) is 0 Å². The lowest BCUT2D eigenvalue weighted by atomic mass is 9.98. The summed E-state index contributed by atoms with van der Waals surface area (Å²) >= 11 is 12.3. The van der Waals surface area contributed by atoms with Crippen LogP contribution in [0.1, 0.15) is 20.7 Å². The second kappa shape index (κ2) is 9.97. The fourth-order valence-corrected chi connectivity index (χ4v) is 5.23. The summed E-state index contributed by atoms with van der Waals surface area (Å²) < 4.78 is 37.8. The zero-order valence-corrected chi connectivity index (χ0v) is 21.0. The Labute approximate surface area is 212 Å². The molecule has 0 atom stereocenters. The molecule has 0 bridgehead atoms. The van der Waals surface area contributed by atoms with Gasteiger partial charge in [0.1, 0.15) is 5.82 Å². The highest BCUT2D eigenvalue weighted by atomic mass is 35.5. The van der Waals surface area contributed by atoms with Crippen LogP contribution in [0.5, 0.6) is 0 Å². The van der Waals surface area contributed by atoms with Gasteiger partial charge in [0.25, 0.3) is 5.91 Å². The molecule has 4 rings (SSSR count). The van der Waals surface area contributed by atoms with Crippen LogP contribution in [-0.2, 0) is 9.84 Å². The SMILES string of the molecule is CS(=O)(=O)c1ccc(-c2ccc(F)cc2)c(C(=O)N2CCN(c3cc(Cl)c(C=O)c(Cl)c3)CC2)c1. The molecule has 1 amide bonds. The van der Waals surface area contributed by atoms with Crippen molar-refractivity contribution in [2.45, 2.75) is 4.90 Å². The first-order valence-electron chi connectivity index (χ1n) is 10.7. The first-order valence-corrected chi connectivity index (χ1v) is 13.3. The second-order valence-electron chi connectivity index (χ2n) is 8.21. The zero-order valence-electron chi connectivity index (χ0n) is 18.7. The monoisotopic (exact) mass is 534 g/mol. The summed E-state index contributed by atoms with van der Waals surface area (Å²) in [7, 11) is -3.54. The molecule has 1 fully saturated rings. The third-order valence-electron chi connectivity index (χ3n) is 5.92. The molecule has 10 heteroatoms. The Kier molecular flexibility index (Phi) is 7.17. The number of aldehydes is 1. The van der Waals surface area contributed by atoms with Crippen molar-refractivity contribution in [1.82, 2.24) is 4.90 Å². The summed E-state index contributed by atoms with van der Waals surface area (Å²) in [4.78, 5) is 28.4. The molecule has 0 saturated carbocycles. The van der Waals surface area contributed by atoms with Crippen LogP contribution in [-0.4, -0.2) is 57.9 Å². The Bertz CT molecular complexity index is 1380. The van der Waals surface area contributed by atoms with Gasteiger partial charge in [0, 0.05) is 43.7 Å². The van der Waals surface area contributed by atoms with Gasteiger partial charge in [0.05, 0.1) is 20.5 Å². The Morgan fingerprint density at radius 2 is 1.54 bits per heavy atom. The Morgan fingerprint density at radius 1 is 0.943 bits per heavy atom. The average Bonchev–Trinajstić information content (AvgIpc) is 2.83. The maximum atomic E-state index is 13.5. The van der Waals surface area contributed by atoms with Crippen molar-refractivity contribution in [3.63, 3.8) is 0 Å². The van der Waals surface area contributed by atoms with E-state index in [1.165, 1.54) is 24.3 Å². The second-order valence-corrected chi connectivity index (χ2v) is 11.0. The first-order chi connectivity index (χ1) is 16.6. The van der Waals surface area contributed by atoms with Crippen molar-refractivity contribution in [2.75, 3.05) is 37.3 Å². The van der Waals surface area contributed by atoms with Gasteiger partial charge in [-0.3, -0.25) is 9.59 Å². The molecule has 0 spiro atoms. The maximum absolute atomic E-state index is 13.5. The van der Waals surface area contributed by atoms with E-state index in [0.717, 1.165) is 11.9 Å². The van der Waals surface area contributed by atoms with Crippen LogP contribution < -0.4 is 4.90 Å². The summed E-state index contributed by atoms with van der Waals surface area (Å²) in [6.45, 7) is 1.71. The third kappa shape index (κ3) is 5.34. The van der Waals surface area contributed by atoms with Gasteiger partial charge >= 0.3 is 0 Å². The standard InChI is InChI=1S/C25H21Cl2FN2O4S/c1-35(33,34)19-6-7-20(16-2-4-17(28)5-3-16)21(14-19)25(32)30-10-8-29(9-11-30)18-12-23(26)22(15-31)24(27)13-18/h2-7,12-15H,8-11H2,1H3. The molecule has 0 aromatic heterocycles. The van der Waals surface area contributed by atoms with Gasteiger partial charge in [0.2, 0.25) is 0 Å². The van der Waals surface area contributed by atoms with Crippen molar-refractivity contribution in [1.29, 1.82) is 0 Å². The number of halogens is 3. The van der Waals surface area contributed by atoms with E-state index in [1.54, 1.807) is 35.2 Å². The van der Waals surface area contributed by atoms with Crippen LogP contribution in [0.4, 0.5) is 10.1 Å². The van der Waals surface area contributed by atoms with E-state index in [1.807, 2.05) is 4.90 Å². The largest absolute Gasteiger partial charge is 0.368 e. The van der Waals surface area contributed by atoms with E-state index in [2.05, 4.69) is 0 Å². The Morgan fingerprint density at radius 3 is 2.09 bits per heavy atom. The van der Waals surface area contributed by atoms with Crippen molar-refractivity contribution in [3.05, 3.63) is 81.6 Å². The number of hydrogen-bond donors (Lipinski definition) is 0. The number of carbonyl (C=O) groups is 2. The van der Waals surface area contributed by atoms with E-state index in [0.29, 0.717) is 43.6 Å². The predicted molar refractivity (Wildman–Crippen MR) is 135 cm³/mol. The molecule has 0 radical (unpaired) electrons. The van der Waals surface area contributed by atoms with E-state index in [9.17, 15) is 22.4 Å². The van der Waals surface area contributed by atoms with Gasteiger partial charge in [-0.1, -0.05) is 41.4 Å².